The van der Waals surface area contributed by atoms with E-state index in [9.17, 15) is 0 Å². The minimum absolute atomic E-state index is 0.834. The summed E-state index contributed by atoms with van der Waals surface area (Å²) in [6.45, 7) is 1.26. The van der Waals surface area contributed by atoms with Gasteiger partial charge in [-0.1, -0.05) is 30.3 Å². The van der Waals surface area contributed by atoms with Crippen molar-refractivity contribution in [3.63, 3.8) is 0 Å². The monoisotopic (exact) mass is 242 g/mol. The maximum Gasteiger partial charge on any atom is 0.0128 e. The second-order valence-electron chi connectivity index (χ2n) is 6.28. The van der Waals surface area contributed by atoms with Crippen molar-refractivity contribution in [2.45, 2.75) is 56.3 Å². The molecule has 1 aromatic rings. The average molecular weight is 242 g/mol. The summed E-state index contributed by atoms with van der Waals surface area (Å²) in [5, 5.41) is 3.78. The molecule has 4 heterocycles. The van der Waals surface area contributed by atoms with E-state index in [1.807, 2.05) is 0 Å². The third-order valence-electron chi connectivity index (χ3n) is 5.14. The van der Waals surface area contributed by atoms with Gasteiger partial charge in [0.05, 0.1) is 0 Å². The molecule has 5 rings (SSSR count). The van der Waals surface area contributed by atoms with Crippen molar-refractivity contribution < 1.29 is 0 Å². The molecule has 1 aromatic carbocycles. The highest BCUT2D eigenvalue weighted by Crippen LogP contribution is 2.38. The molecule has 0 saturated carbocycles. The van der Waals surface area contributed by atoms with Crippen molar-refractivity contribution in [1.29, 1.82) is 0 Å². The van der Waals surface area contributed by atoms with Gasteiger partial charge in [0.2, 0.25) is 0 Å². The van der Waals surface area contributed by atoms with Gasteiger partial charge in [0, 0.05) is 30.7 Å². The van der Waals surface area contributed by atoms with Gasteiger partial charge in [-0.3, -0.25) is 4.90 Å². The molecule has 4 saturated heterocycles. The van der Waals surface area contributed by atoms with Crippen LogP contribution in [-0.2, 0) is 6.42 Å². The molecule has 96 valence electrons. The van der Waals surface area contributed by atoms with E-state index in [0.29, 0.717) is 0 Å². The van der Waals surface area contributed by atoms with Crippen LogP contribution in [0, 0.1) is 0 Å². The van der Waals surface area contributed by atoms with Crippen LogP contribution >= 0.6 is 0 Å². The van der Waals surface area contributed by atoms with Crippen molar-refractivity contribution in [2.75, 3.05) is 6.54 Å². The fourth-order valence-electron chi connectivity index (χ4n) is 4.41. The van der Waals surface area contributed by atoms with Gasteiger partial charge in [-0.25, -0.2) is 0 Å². The van der Waals surface area contributed by atoms with E-state index in [1.165, 1.54) is 44.2 Å². The SMILES string of the molecule is c1ccc(CCN2C3CC4CC2CC(C3)N4)cc1. The van der Waals surface area contributed by atoms with Crippen LogP contribution in [0.25, 0.3) is 0 Å². The van der Waals surface area contributed by atoms with Gasteiger partial charge in [-0.2, -0.15) is 0 Å². The summed E-state index contributed by atoms with van der Waals surface area (Å²) in [7, 11) is 0. The summed E-state index contributed by atoms with van der Waals surface area (Å²) < 4.78 is 0. The minimum Gasteiger partial charge on any atom is -0.311 e. The van der Waals surface area contributed by atoms with Crippen LogP contribution in [0.3, 0.4) is 0 Å². The Bertz CT molecular complexity index is 386. The maximum absolute atomic E-state index is 3.78. The number of benzene rings is 1. The summed E-state index contributed by atoms with van der Waals surface area (Å²) in [6, 6.07) is 14.4. The van der Waals surface area contributed by atoms with Crippen molar-refractivity contribution in [3.8, 4) is 0 Å². The molecule has 0 atom stereocenters. The first-order chi connectivity index (χ1) is 8.88. The minimum atomic E-state index is 0.834. The fraction of sp³-hybridized carbons (Fsp3) is 0.625. The predicted octanol–water partition coefficient (Wildman–Crippen LogP) is 2.20. The highest BCUT2D eigenvalue weighted by Gasteiger charge is 2.46. The maximum atomic E-state index is 3.78. The van der Waals surface area contributed by atoms with E-state index in [4.69, 9.17) is 0 Å². The highest BCUT2D eigenvalue weighted by atomic mass is 15.3. The Morgan fingerprint density at radius 3 is 2.17 bits per heavy atom. The van der Waals surface area contributed by atoms with Crippen LogP contribution in [-0.4, -0.2) is 35.6 Å². The molecule has 0 amide bonds. The van der Waals surface area contributed by atoms with Gasteiger partial charge in [0.15, 0.2) is 0 Å². The molecule has 0 radical (unpaired) electrons. The van der Waals surface area contributed by atoms with Gasteiger partial charge in [-0.15, -0.1) is 0 Å². The lowest BCUT2D eigenvalue weighted by Crippen LogP contribution is -2.67. The second kappa shape index (κ2) is 4.36. The molecule has 2 nitrogen and oxygen atoms in total. The smallest absolute Gasteiger partial charge is 0.0128 e. The molecule has 4 fully saturated rings. The topological polar surface area (TPSA) is 15.3 Å². The van der Waals surface area contributed by atoms with Gasteiger partial charge >= 0.3 is 0 Å². The lowest BCUT2D eigenvalue weighted by molar-refractivity contribution is -0.0295. The van der Waals surface area contributed by atoms with Crippen LogP contribution in [0.2, 0.25) is 0 Å². The zero-order valence-electron chi connectivity index (χ0n) is 10.9. The van der Waals surface area contributed by atoms with Crippen LogP contribution in [0.1, 0.15) is 31.2 Å². The van der Waals surface area contributed by atoms with Crippen molar-refractivity contribution >= 4 is 0 Å². The number of rotatable bonds is 3. The Morgan fingerprint density at radius 1 is 0.944 bits per heavy atom. The third kappa shape index (κ3) is 1.88. The van der Waals surface area contributed by atoms with Crippen molar-refractivity contribution in [2.24, 2.45) is 0 Å². The number of nitrogens with one attached hydrogen (secondary N) is 1. The fourth-order valence-corrected chi connectivity index (χ4v) is 4.41. The number of nitrogens with zero attached hydrogens (tertiary/aromatic N) is 1. The Hall–Kier alpha value is -0.860. The summed E-state index contributed by atoms with van der Waals surface area (Å²) in [5.41, 5.74) is 1.49. The van der Waals surface area contributed by atoms with Gasteiger partial charge in [0.1, 0.15) is 0 Å². The molecule has 4 aliphatic rings. The Balaban J connectivity index is 1.43. The van der Waals surface area contributed by atoms with Crippen LogP contribution in [0.15, 0.2) is 30.3 Å². The van der Waals surface area contributed by atoms with Crippen LogP contribution < -0.4 is 5.32 Å². The molecule has 2 heteroatoms. The van der Waals surface area contributed by atoms with Gasteiger partial charge in [0.25, 0.3) is 0 Å². The number of piperidine rings is 4. The number of hydrogen-bond acceptors (Lipinski definition) is 2. The van der Waals surface area contributed by atoms with E-state index in [0.717, 1.165) is 24.2 Å². The molecular weight excluding hydrogens is 220 g/mol. The Kier molecular flexibility index (Phi) is 2.66. The highest BCUT2D eigenvalue weighted by molar-refractivity contribution is 5.15. The molecule has 0 unspecified atom stereocenters. The molecular formula is C16H22N2. The lowest BCUT2D eigenvalue weighted by atomic mass is 9.74. The summed E-state index contributed by atoms with van der Waals surface area (Å²) >= 11 is 0. The summed E-state index contributed by atoms with van der Waals surface area (Å²) in [4.78, 5) is 2.82. The zero-order valence-corrected chi connectivity index (χ0v) is 10.9. The normalized spacial score (nSPS) is 38.2. The lowest BCUT2D eigenvalue weighted by Gasteiger charge is -2.57. The Labute approximate surface area is 109 Å². The summed E-state index contributed by atoms with van der Waals surface area (Å²) in [5.74, 6) is 0. The molecule has 0 aromatic heterocycles. The van der Waals surface area contributed by atoms with Gasteiger partial charge < -0.3 is 5.32 Å². The molecule has 0 aliphatic carbocycles. The summed E-state index contributed by atoms with van der Waals surface area (Å²) in [6.07, 6.45) is 6.78. The number of hydrogen-bond donors (Lipinski definition) is 1. The average Bonchev–Trinajstić information content (AvgIpc) is 2.38. The van der Waals surface area contributed by atoms with Crippen LogP contribution in [0.5, 0.6) is 0 Å². The molecule has 1 N–H and O–H groups in total. The van der Waals surface area contributed by atoms with Gasteiger partial charge in [-0.05, 0) is 37.7 Å². The molecule has 18 heavy (non-hydrogen) atoms. The first-order valence-electron chi connectivity index (χ1n) is 7.44. The first kappa shape index (κ1) is 11.0. The molecule has 4 bridgehead atoms. The second-order valence-corrected chi connectivity index (χ2v) is 6.28. The van der Waals surface area contributed by atoms with Crippen LogP contribution in [0.4, 0.5) is 0 Å². The van der Waals surface area contributed by atoms with Crippen molar-refractivity contribution in [1.82, 2.24) is 10.2 Å². The Morgan fingerprint density at radius 2 is 1.56 bits per heavy atom. The largest absolute Gasteiger partial charge is 0.311 e. The van der Waals surface area contributed by atoms with E-state index in [1.54, 1.807) is 0 Å². The predicted molar refractivity (Wildman–Crippen MR) is 73.6 cm³/mol. The zero-order chi connectivity index (χ0) is 11.9. The molecule has 0 spiro atoms. The van der Waals surface area contributed by atoms with E-state index in [2.05, 4.69) is 40.5 Å². The van der Waals surface area contributed by atoms with E-state index >= 15 is 0 Å². The third-order valence-corrected chi connectivity index (χ3v) is 5.14. The first-order valence-corrected chi connectivity index (χ1v) is 7.44. The van der Waals surface area contributed by atoms with E-state index < -0.39 is 0 Å². The van der Waals surface area contributed by atoms with E-state index in [-0.39, 0.29) is 0 Å². The molecule has 4 aliphatic heterocycles. The quantitative estimate of drug-likeness (QED) is 0.874. The van der Waals surface area contributed by atoms with Crippen molar-refractivity contribution in [3.05, 3.63) is 35.9 Å². The standard InChI is InChI=1S/C16H22N2/c1-2-4-12(5-3-1)6-7-18-15-8-13-9-16(18)11-14(10-15)17-13/h1-5,13-17H,6-11H2.